The molecule has 1 saturated carbocycles. The lowest BCUT2D eigenvalue weighted by molar-refractivity contribution is 0.0950. The zero-order valence-corrected chi connectivity index (χ0v) is 14.4. The number of rotatable bonds is 6. The molecule has 1 heterocycles. The minimum Gasteiger partial charge on any atom is -0.508 e. The van der Waals surface area contributed by atoms with E-state index in [-0.39, 0.29) is 11.7 Å². The molecule has 0 unspecified atom stereocenters. The molecule has 1 aliphatic carbocycles. The zero-order valence-electron chi connectivity index (χ0n) is 13.6. The molecule has 2 aromatic rings. The third kappa shape index (κ3) is 4.71. The van der Waals surface area contributed by atoms with Crippen molar-refractivity contribution in [2.75, 3.05) is 11.9 Å². The number of hydrogen-bond donors (Lipinski definition) is 3. The van der Waals surface area contributed by atoms with Crippen LogP contribution in [0.4, 0.5) is 5.13 Å². The van der Waals surface area contributed by atoms with Crippen LogP contribution < -0.4 is 10.6 Å². The van der Waals surface area contributed by atoms with E-state index < -0.39 is 0 Å². The van der Waals surface area contributed by atoms with Gasteiger partial charge in [0.15, 0.2) is 5.13 Å². The minimum atomic E-state index is -0.137. The number of amides is 1. The number of phenolic OH excluding ortho intramolecular Hbond substituents is 1. The molecule has 1 amide bonds. The Morgan fingerprint density at radius 1 is 1.21 bits per heavy atom. The van der Waals surface area contributed by atoms with Gasteiger partial charge >= 0.3 is 0 Å². The van der Waals surface area contributed by atoms with Gasteiger partial charge in [-0.05, 0) is 37.0 Å². The molecule has 1 aliphatic rings. The Kier molecular flexibility index (Phi) is 5.69. The van der Waals surface area contributed by atoms with Gasteiger partial charge in [0.1, 0.15) is 11.4 Å². The van der Waals surface area contributed by atoms with Gasteiger partial charge in [0.05, 0.1) is 0 Å². The fourth-order valence-corrected chi connectivity index (χ4v) is 3.71. The third-order valence-electron chi connectivity index (χ3n) is 4.31. The van der Waals surface area contributed by atoms with Gasteiger partial charge in [-0.25, -0.2) is 4.98 Å². The van der Waals surface area contributed by atoms with E-state index in [0.29, 0.717) is 18.3 Å². The Morgan fingerprint density at radius 3 is 2.71 bits per heavy atom. The van der Waals surface area contributed by atoms with Gasteiger partial charge in [0, 0.05) is 18.0 Å². The largest absolute Gasteiger partial charge is 0.508 e. The van der Waals surface area contributed by atoms with Crippen LogP contribution in [-0.4, -0.2) is 28.6 Å². The van der Waals surface area contributed by atoms with Crippen LogP contribution in [-0.2, 0) is 6.42 Å². The highest BCUT2D eigenvalue weighted by Crippen LogP contribution is 2.23. The molecule has 24 heavy (non-hydrogen) atoms. The van der Waals surface area contributed by atoms with Gasteiger partial charge in [0.25, 0.3) is 5.91 Å². The molecular weight excluding hydrogens is 322 g/mol. The van der Waals surface area contributed by atoms with Crippen molar-refractivity contribution in [2.24, 2.45) is 0 Å². The number of aromatic nitrogens is 1. The molecule has 6 heteroatoms. The van der Waals surface area contributed by atoms with Crippen molar-refractivity contribution in [3.05, 3.63) is 40.9 Å². The number of hydrogen-bond acceptors (Lipinski definition) is 5. The van der Waals surface area contributed by atoms with Gasteiger partial charge in [-0.2, -0.15) is 0 Å². The van der Waals surface area contributed by atoms with Gasteiger partial charge in [-0.1, -0.05) is 31.4 Å². The maximum Gasteiger partial charge on any atom is 0.270 e. The summed E-state index contributed by atoms with van der Waals surface area (Å²) in [6, 6.07) is 7.52. The molecular formula is C18H23N3O2S. The lowest BCUT2D eigenvalue weighted by Gasteiger charge is -2.22. The second kappa shape index (κ2) is 8.15. The summed E-state index contributed by atoms with van der Waals surface area (Å²) in [4.78, 5) is 16.6. The Balaban J connectivity index is 1.45. The number of nitrogens with zero attached hydrogens (tertiary/aromatic N) is 1. The van der Waals surface area contributed by atoms with Crippen molar-refractivity contribution in [3.8, 4) is 5.75 Å². The quantitative estimate of drug-likeness (QED) is 0.748. The Hall–Kier alpha value is -2.08. The fraction of sp³-hybridized carbons (Fsp3) is 0.444. The lowest BCUT2D eigenvalue weighted by Crippen LogP contribution is -2.26. The molecule has 3 N–H and O–H groups in total. The summed E-state index contributed by atoms with van der Waals surface area (Å²) in [5.41, 5.74) is 1.55. The van der Waals surface area contributed by atoms with E-state index >= 15 is 0 Å². The van der Waals surface area contributed by atoms with Gasteiger partial charge in [-0.3, -0.25) is 4.79 Å². The van der Waals surface area contributed by atoms with Crippen LogP contribution in [0.5, 0.6) is 5.75 Å². The zero-order chi connectivity index (χ0) is 16.8. The average Bonchev–Trinajstić information content (AvgIpc) is 3.06. The summed E-state index contributed by atoms with van der Waals surface area (Å²) in [6.07, 6.45) is 6.97. The van der Waals surface area contributed by atoms with E-state index in [9.17, 15) is 9.90 Å². The normalized spacial score (nSPS) is 15.2. The number of aromatic hydroxyl groups is 1. The topological polar surface area (TPSA) is 74.2 Å². The van der Waals surface area contributed by atoms with Crippen molar-refractivity contribution >= 4 is 22.4 Å². The minimum absolute atomic E-state index is 0.137. The first-order chi connectivity index (χ1) is 11.7. The van der Waals surface area contributed by atoms with Crippen molar-refractivity contribution < 1.29 is 9.90 Å². The van der Waals surface area contributed by atoms with Crippen LogP contribution in [0.2, 0.25) is 0 Å². The van der Waals surface area contributed by atoms with Gasteiger partial charge < -0.3 is 15.7 Å². The highest BCUT2D eigenvalue weighted by atomic mass is 32.1. The molecule has 0 spiro atoms. The highest BCUT2D eigenvalue weighted by molar-refractivity contribution is 7.13. The number of benzene rings is 1. The van der Waals surface area contributed by atoms with Crippen LogP contribution in [0.25, 0.3) is 0 Å². The highest BCUT2D eigenvalue weighted by Gasteiger charge is 2.16. The molecule has 0 aliphatic heterocycles. The maximum atomic E-state index is 12.2. The first-order valence-corrected chi connectivity index (χ1v) is 9.37. The number of phenols is 1. The van der Waals surface area contributed by atoms with Crippen LogP contribution in [0, 0.1) is 0 Å². The third-order valence-corrected chi connectivity index (χ3v) is 5.08. The predicted octanol–water partition coefficient (Wildman–Crippen LogP) is 3.57. The van der Waals surface area contributed by atoms with E-state index in [1.54, 1.807) is 17.5 Å². The summed E-state index contributed by atoms with van der Waals surface area (Å²) >= 11 is 1.49. The van der Waals surface area contributed by atoms with E-state index in [2.05, 4.69) is 15.6 Å². The first kappa shape index (κ1) is 16.8. The number of nitrogens with one attached hydrogen (secondary N) is 2. The smallest absolute Gasteiger partial charge is 0.270 e. The lowest BCUT2D eigenvalue weighted by atomic mass is 9.96. The summed E-state index contributed by atoms with van der Waals surface area (Å²) in [7, 11) is 0. The second-order valence-electron chi connectivity index (χ2n) is 6.19. The second-order valence-corrected chi connectivity index (χ2v) is 7.05. The SMILES string of the molecule is O=C(NCCc1ccc(O)cc1)c1csc(NC2CCCCC2)n1. The molecule has 1 aromatic carbocycles. The van der Waals surface area contributed by atoms with Gasteiger partial charge in [-0.15, -0.1) is 11.3 Å². The fourth-order valence-electron chi connectivity index (χ4n) is 2.94. The number of carbonyl (C=O) groups excluding carboxylic acids is 1. The molecule has 1 fully saturated rings. The summed E-state index contributed by atoms with van der Waals surface area (Å²) in [6.45, 7) is 0.548. The van der Waals surface area contributed by atoms with Crippen LogP contribution in [0.15, 0.2) is 29.6 Å². The van der Waals surface area contributed by atoms with E-state index in [1.165, 1.54) is 43.4 Å². The van der Waals surface area contributed by atoms with Crippen LogP contribution >= 0.6 is 11.3 Å². The molecule has 0 bridgehead atoms. The summed E-state index contributed by atoms with van der Waals surface area (Å²) in [5, 5.41) is 18.2. The summed E-state index contributed by atoms with van der Waals surface area (Å²) < 4.78 is 0. The molecule has 0 atom stereocenters. The molecule has 0 saturated heterocycles. The summed E-state index contributed by atoms with van der Waals surface area (Å²) in [5.74, 6) is 0.116. The molecule has 128 valence electrons. The molecule has 3 rings (SSSR count). The van der Waals surface area contributed by atoms with E-state index in [4.69, 9.17) is 0 Å². The first-order valence-electron chi connectivity index (χ1n) is 8.49. The monoisotopic (exact) mass is 345 g/mol. The predicted molar refractivity (Wildman–Crippen MR) is 96.8 cm³/mol. The maximum absolute atomic E-state index is 12.2. The van der Waals surface area contributed by atoms with Crippen LogP contribution in [0.3, 0.4) is 0 Å². The molecule has 0 radical (unpaired) electrons. The van der Waals surface area contributed by atoms with Crippen LogP contribution in [0.1, 0.15) is 48.2 Å². The number of anilines is 1. The number of carbonyl (C=O) groups is 1. The average molecular weight is 345 g/mol. The standard InChI is InChI=1S/C18H23N3O2S/c22-15-8-6-13(7-9-15)10-11-19-17(23)16-12-24-18(21-16)20-14-4-2-1-3-5-14/h6-9,12,14,22H,1-5,10-11H2,(H,19,23)(H,20,21). The molecule has 5 nitrogen and oxygen atoms in total. The van der Waals surface area contributed by atoms with Crippen molar-refractivity contribution in [2.45, 2.75) is 44.6 Å². The molecule has 1 aromatic heterocycles. The Labute approximate surface area is 146 Å². The van der Waals surface area contributed by atoms with Crippen molar-refractivity contribution in [1.82, 2.24) is 10.3 Å². The van der Waals surface area contributed by atoms with E-state index in [1.807, 2.05) is 12.1 Å². The van der Waals surface area contributed by atoms with E-state index in [0.717, 1.165) is 17.1 Å². The Morgan fingerprint density at radius 2 is 1.96 bits per heavy atom. The number of thiazole rings is 1. The van der Waals surface area contributed by atoms with Crippen molar-refractivity contribution in [3.63, 3.8) is 0 Å². The Bertz CT molecular complexity index is 663. The van der Waals surface area contributed by atoms with Gasteiger partial charge in [0.2, 0.25) is 0 Å². The van der Waals surface area contributed by atoms with Crippen molar-refractivity contribution in [1.29, 1.82) is 0 Å².